The zero-order valence-electron chi connectivity index (χ0n) is 6.59. The molecule has 0 saturated carbocycles. The van der Waals surface area contributed by atoms with Crippen molar-refractivity contribution in [2.75, 3.05) is 0 Å². The van der Waals surface area contributed by atoms with E-state index < -0.39 is 11.7 Å². The Hall–Kier alpha value is -0.180. The fraction of sp³-hybridized carbons (Fsp3) is 0.714. The van der Waals surface area contributed by atoms with Crippen molar-refractivity contribution in [3.8, 4) is 0 Å². The van der Waals surface area contributed by atoms with Crippen LogP contribution in [0.4, 0.5) is 13.2 Å². The molecule has 0 radical (unpaired) electrons. The summed E-state index contributed by atoms with van der Waals surface area (Å²) in [4.78, 5) is 0. The van der Waals surface area contributed by atoms with Crippen LogP contribution < -0.4 is 0 Å². The Morgan fingerprint density at radius 1 is 1.27 bits per heavy atom. The van der Waals surface area contributed by atoms with E-state index >= 15 is 0 Å². The quantitative estimate of drug-likeness (QED) is 0.586. The van der Waals surface area contributed by atoms with Crippen LogP contribution in [0.2, 0.25) is 0 Å². The summed E-state index contributed by atoms with van der Waals surface area (Å²) in [7, 11) is 0. The molecular formula is C7H10ClF3. The number of alkyl halides is 3. The van der Waals surface area contributed by atoms with Gasteiger partial charge in [-0.05, 0) is 12.8 Å². The lowest BCUT2D eigenvalue weighted by molar-refractivity contribution is -0.0920. The molecule has 0 aromatic heterocycles. The van der Waals surface area contributed by atoms with Gasteiger partial charge in [-0.25, -0.2) is 0 Å². The summed E-state index contributed by atoms with van der Waals surface area (Å²) >= 11 is 5.41. The fourth-order valence-electron chi connectivity index (χ4n) is 0.568. The molecule has 0 nitrogen and oxygen atoms in total. The highest BCUT2D eigenvalue weighted by molar-refractivity contribution is 6.30. The maximum Gasteiger partial charge on any atom is 0.413 e. The molecule has 0 atom stereocenters. The topological polar surface area (TPSA) is 0 Å². The number of rotatable bonds is 1. The zero-order valence-corrected chi connectivity index (χ0v) is 7.35. The van der Waals surface area contributed by atoms with Crippen molar-refractivity contribution in [2.45, 2.75) is 26.9 Å². The Kier molecular flexibility index (Phi) is 3.42. The molecule has 0 spiro atoms. The van der Waals surface area contributed by atoms with Crippen molar-refractivity contribution in [1.29, 1.82) is 0 Å². The second kappa shape index (κ2) is 3.48. The molecule has 0 fully saturated rings. The third-order valence-corrected chi connectivity index (χ3v) is 2.01. The molecule has 0 heterocycles. The molecule has 0 aromatic carbocycles. The first kappa shape index (κ1) is 10.8. The van der Waals surface area contributed by atoms with E-state index in [1.165, 1.54) is 0 Å². The first-order valence-electron chi connectivity index (χ1n) is 3.20. The van der Waals surface area contributed by atoms with Crippen LogP contribution in [-0.2, 0) is 0 Å². The normalized spacial score (nSPS) is 15.3. The van der Waals surface area contributed by atoms with Crippen LogP contribution in [0, 0.1) is 5.92 Å². The van der Waals surface area contributed by atoms with Gasteiger partial charge in [-0.1, -0.05) is 25.4 Å². The molecule has 0 aliphatic heterocycles. The third-order valence-electron chi connectivity index (χ3n) is 1.29. The van der Waals surface area contributed by atoms with E-state index in [2.05, 4.69) is 0 Å². The number of hydrogen-bond donors (Lipinski definition) is 0. The highest BCUT2D eigenvalue weighted by Crippen LogP contribution is 2.32. The molecule has 0 unspecified atom stereocenters. The number of halogens is 4. The Bertz CT molecular complexity index is 167. The SMILES string of the molecule is C/C(=C(\Cl)C(C)C)C(F)(F)F. The first-order valence-corrected chi connectivity index (χ1v) is 3.58. The maximum absolute atomic E-state index is 11.9. The molecule has 4 heteroatoms. The Labute approximate surface area is 69.0 Å². The van der Waals surface area contributed by atoms with E-state index in [9.17, 15) is 13.2 Å². The second-order valence-corrected chi connectivity index (χ2v) is 3.03. The van der Waals surface area contributed by atoms with Crippen molar-refractivity contribution in [1.82, 2.24) is 0 Å². The molecular weight excluding hydrogens is 177 g/mol. The highest BCUT2D eigenvalue weighted by Gasteiger charge is 2.32. The minimum Gasteiger partial charge on any atom is -0.166 e. The van der Waals surface area contributed by atoms with E-state index in [4.69, 9.17) is 11.6 Å². The Morgan fingerprint density at radius 2 is 1.64 bits per heavy atom. The summed E-state index contributed by atoms with van der Waals surface area (Å²) in [6.45, 7) is 4.23. The predicted octanol–water partition coefficient (Wildman–Crippen LogP) is 3.72. The van der Waals surface area contributed by atoms with E-state index in [1.807, 2.05) is 0 Å². The smallest absolute Gasteiger partial charge is 0.166 e. The lowest BCUT2D eigenvalue weighted by atomic mass is 10.1. The predicted molar refractivity (Wildman–Crippen MR) is 39.4 cm³/mol. The van der Waals surface area contributed by atoms with Crippen LogP contribution >= 0.6 is 11.6 Å². The molecule has 0 aromatic rings. The summed E-state index contributed by atoms with van der Waals surface area (Å²) in [5, 5.41) is -0.113. The van der Waals surface area contributed by atoms with Gasteiger partial charge in [-0.15, -0.1) is 0 Å². The van der Waals surface area contributed by atoms with Crippen molar-refractivity contribution < 1.29 is 13.2 Å². The molecule has 0 bridgehead atoms. The van der Waals surface area contributed by atoms with Gasteiger partial charge in [0.1, 0.15) is 0 Å². The van der Waals surface area contributed by atoms with Crippen molar-refractivity contribution in [2.24, 2.45) is 5.92 Å². The van der Waals surface area contributed by atoms with Gasteiger partial charge in [0.2, 0.25) is 0 Å². The summed E-state index contributed by atoms with van der Waals surface area (Å²) in [5.41, 5.74) is -0.700. The molecule has 0 saturated heterocycles. The minimum atomic E-state index is -4.29. The Morgan fingerprint density at radius 3 is 1.73 bits per heavy atom. The average molecular weight is 187 g/mol. The van der Waals surface area contributed by atoms with Gasteiger partial charge >= 0.3 is 6.18 Å². The van der Waals surface area contributed by atoms with Crippen LogP contribution in [0.5, 0.6) is 0 Å². The van der Waals surface area contributed by atoms with Crippen LogP contribution in [0.3, 0.4) is 0 Å². The molecule has 66 valence electrons. The van der Waals surface area contributed by atoms with Crippen LogP contribution in [0.15, 0.2) is 10.6 Å². The zero-order chi connectivity index (χ0) is 9.23. The van der Waals surface area contributed by atoms with Crippen LogP contribution in [-0.4, -0.2) is 6.18 Å². The summed E-state index contributed by atoms with van der Waals surface area (Å²) in [5.74, 6) is -0.265. The maximum atomic E-state index is 11.9. The molecule has 0 aliphatic carbocycles. The van der Waals surface area contributed by atoms with Gasteiger partial charge in [0.15, 0.2) is 0 Å². The van der Waals surface area contributed by atoms with Gasteiger partial charge in [0.25, 0.3) is 0 Å². The van der Waals surface area contributed by atoms with Crippen molar-refractivity contribution >= 4 is 11.6 Å². The standard InChI is InChI=1S/C7H10ClF3/c1-4(2)6(8)5(3)7(9,10)11/h4H,1-3H3/b6-5+. The summed E-state index contributed by atoms with van der Waals surface area (Å²) in [6, 6.07) is 0. The summed E-state index contributed by atoms with van der Waals surface area (Å²) in [6.07, 6.45) is -4.29. The minimum absolute atomic E-state index is 0.113. The number of allylic oxidation sites excluding steroid dienone is 2. The number of hydrogen-bond acceptors (Lipinski definition) is 0. The second-order valence-electron chi connectivity index (χ2n) is 2.63. The molecule has 0 N–H and O–H groups in total. The average Bonchev–Trinajstić information content (AvgIpc) is 1.82. The molecule has 0 rings (SSSR count). The van der Waals surface area contributed by atoms with Crippen molar-refractivity contribution in [3.05, 3.63) is 10.6 Å². The van der Waals surface area contributed by atoms with Gasteiger partial charge in [-0.3, -0.25) is 0 Å². The monoisotopic (exact) mass is 186 g/mol. The van der Waals surface area contributed by atoms with E-state index in [0.717, 1.165) is 6.92 Å². The lowest BCUT2D eigenvalue weighted by Gasteiger charge is -2.11. The van der Waals surface area contributed by atoms with Crippen molar-refractivity contribution in [3.63, 3.8) is 0 Å². The summed E-state index contributed by atoms with van der Waals surface area (Å²) < 4.78 is 35.8. The van der Waals surface area contributed by atoms with Gasteiger partial charge in [0.05, 0.1) is 0 Å². The highest BCUT2D eigenvalue weighted by atomic mass is 35.5. The Balaban J connectivity index is 4.67. The first-order chi connectivity index (χ1) is 4.76. The largest absolute Gasteiger partial charge is 0.413 e. The fourth-order valence-corrected chi connectivity index (χ4v) is 0.676. The van der Waals surface area contributed by atoms with Gasteiger partial charge in [-0.2, -0.15) is 13.2 Å². The lowest BCUT2D eigenvalue weighted by Crippen LogP contribution is -2.11. The van der Waals surface area contributed by atoms with Crippen LogP contribution in [0.25, 0.3) is 0 Å². The van der Waals surface area contributed by atoms with E-state index in [0.29, 0.717) is 0 Å². The molecule has 0 aliphatic rings. The molecule has 0 amide bonds. The van der Waals surface area contributed by atoms with E-state index in [-0.39, 0.29) is 11.0 Å². The van der Waals surface area contributed by atoms with Crippen LogP contribution in [0.1, 0.15) is 20.8 Å². The van der Waals surface area contributed by atoms with Gasteiger partial charge in [0, 0.05) is 10.6 Å². The van der Waals surface area contributed by atoms with Gasteiger partial charge < -0.3 is 0 Å². The third kappa shape index (κ3) is 3.14. The van der Waals surface area contributed by atoms with E-state index in [1.54, 1.807) is 13.8 Å². The molecule has 11 heavy (non-hydrogen) atoms.